The molecule has 0 radical (unpaired) electrons. The van der Waals surface area contributed by atoms with Gasteiger partial charge in [0.2, 0.25) is 0 Å². The lowest BCUT2D eigenvalue weighted by atomic mass is 9.89. The maximum absolute atomic E-state index is 11.0. The Bertz CT molecular complexity index is 928. The molecule has 1 saturated heterocycles. The van der Waals surface area contributed by atoms with Gasteiger partial charge in [-0.05, 0) is 41.0 Å². The SMILES string of the molecule is CC(CC1CN(Cc2ccccc2)CCO1)C(O)Cc1ccccc1-c1ccccc1. The molecule has 1 heterocycles. The zero-order valence-corrected chi connectivity index (χ0v) is 18.4. The monoisotopic (exact) mass is 415 g/mol. The van der Waals surface area contributed by atoms with Crippen molar-refractivity contribution in [3.05, 3.63) is 96.1 Å². The van der Waals surface area contributed by atoms with E-state index < -0.39 is 6.10 Å². The van der Waals surface area contributed by atoms with Crippen LogP contribution in [0.1, 0.15) is 24.5 Å². The summed E-state index contributed by atoms with van der Waals surface area (Å²) < 4.78 is 6.06. The largest absolute Gasteiger partial charge is 0.393 e. The molecule has 1 fully saturated rings. The Morgan fingerprint density at radius 2 is 1.61 bits per heavy atom. The minimum atomic E-state index is -0.391. The summed E-state index contributed by atoms with van der Waals surface area (Å²) in [6, 6.07) is 29.4. The van der Waals surface area contributed by atoms with Gasteiger partial charge in [0.25, 0.3) is 0 Å². The molecule has 0 bridgehead atoms. The minimum absolute atomic E-state index is 0.172. The highest BCUT2D eigenvalue weighted by molar-refractivity contribution is 5.67. The lowest BCUT2D eigenvalue weighted by Gasteiger charge is -2.35. The maximum Gasteiger partial charge on any atom is 0.0706 e. The van der Waals surface area contributed by atoms with Crippen LogP contribution in [0.15, 0.2) is 84.9 Å². The Kier molecular flexibility index (Phi) is 7.52. The first kappa shape index (κ1) is 21.8. The first-order valence-electron chi connectivity index (χ1n) is 11.4. The summed E-state index contributed by atoms with van der Waals surface area (Å²) in [7, 11) is 0. The fourth-order valence-electron chi connectivity index (χ4n) is 4.50. The van der Waals surface area contributed by atoms with E-state index >= 15 is 0 Å². The summed E-state index contributed by atoms with van der Waals surface area (Å²) in [5.74, 6) is 0.172. The molecule has 162 valence electrons. The number of benzene rings is 3. The zero-order valence-electron chi connectivity index (χ0n) is 18.4. The summed E-state index contributed by atoms with van der Waals surface area (Å²) in [6.07, 6.45) is 1.32. The van der Waals surface area contributed by atoms with Gasteiger partial charge in [0, 0.05) is 19.6 Å². The molecule has 0 amide bonds. The van der Waals surface area contributed by atoms with E-state index in [0.717, 1.165) is 32.7 Å². The quantitative estimate of drug-likeness (QED) is 0.550. The van der Waals surface area contributed by atoms with Gasteiger partial charge in [-0.15, -0.1) is 0 Å². The Labute approximate surface area is 186 Å². The van der Waals surface area contributed by atoms with Crippen molar-refractivity contribution < 1.29 is 9.84 Å². The molecular weight excluding hydrogens is 382 g/mol. The molecule has 31 heavy (non-hydrogen) atoms. The van der Waals surface area contributed by atoms with E-state index in [1.54, 1.807) is 0 Å². The number of nitrogens with zero attached hydrogens (tertiary/aromatic N) is 1. The third-order valence-corrected chi connectivity index (χ3v) is 6.29. The lowest BCUT2D eigenvalue weighted by Crippen LogP contribution is -2.43. The van der Waals surface area contributed by atoms with Gasteiger partial charge in [0.05, 0.1) is 18.8 Å². The first-order chi connectivity index (χ1) is 15.2. The summed E-state index contributed by atoms with van der Waals surface area (Å²) >= 11 is 0. The van der Waals surface area contributed by atoms with Crippen molar-refractivity contribution >= 4 is 0 Å². The molecule has 3 heteroatoms. The highest BCUT2D eigenvalue weighted by atomic mass is 16.5. The molecule has 3 aromatic carbocycles. The average Bonchev–Trinajstić information content (AvgIpc) is 2.81. The van der Waals surface area contributed by atoms with Crippen LogP contribution in [0.4, 0.5) is 0 Å². The number of hydrogen-bond donors (Lipinski definition) is 1. The van der Waals surface area contributed by atoms with Crippen LogP contribution in [0.25, 0.3) is 11.1 Å². The average molecular weight is 416 g/mol. The first-order valence-corrected chi connectivity index (χ1v) is 11.4. The second-order valence-corrected chi connectivity index (χ2v) is 8.72. The van der Waals surface area contributed by atoms with Gasteiger partial charge in [-0.2, -0.15) is 0 Å². The van der Waals surface area contributed by atoms with Crippen LogP contribution in [-0.2, 0) is 17.7 Å². The molecule has 3 nitrogen and oxygen atoms in total. The van der Waals surface area contributed by atoms with Crippen LogP contribution >= 0.6 is 0 Å². The lowest BCUT2D eigenvalue weighted by molar-refractivity contribution is -0.0499. The van der Waals surface area contributed by atoms with Gasteiger partial charge in [-0.25, -0.2) is 0 Å². The molecule has 1 aliphatic heterocycles. The van der Waals surface area contributed by atoms with E-state index in [1.165, 1.54) is 22.3 Å². The highest BCUT2D eigenvalue weighted by Crippen LogP contribution is 2.27. The third kappa shape index (κ3) is 6.04. The van der Waals surface area contributed by atoms with Crippen molar-refractivity contribution in [2.75, 3.05) is 19.7 Å². The van der Waals surface area contributed by atoms with Gasteiger partial charge < -0.3 is 9.84 Å². The van der Waals surface area contributed by atoms with E-state index in [1.807, 2.05) is 6.07 Å². The van der Waals surface area contributed by atoms with Crippen LogP contribution in [0.2, 0.25) is 0 Å². The predicted molar refractivity (Wildman–Crippen MR) is 127 cm³/mol. The molecular formula is C28H33NO2. The fraction of sp³-hybridized carbons (Fsp3) is 0.357. The highest BCUT2D eigenvalue weighted by Gasteiger charge is 2.25. The van der Waals surface area contributed by atoms with Crippen molar-refractivity contribution in [3.8, 4) is 11.1 Å². The topological polar surface area (TPSA) is 32.7 Å². The van der Waals surface area contributed by atoms with E-state index in [2.05, 4.69) is 90.7 Å². The van der Waals surface area contributed by atoms with E-state index in [9.17, 15) is 5.11 Å². The summed E-state index contributed by atoms with van der Waals surface area (Å²) in [5, 5.41) is 11.0. The van der Waals surface area contributed by atoms with Gasteiger partial charge in [0.15, 0.2) is 0 Å². The molecule has 4 rings (SSSR count). The van der Waals surface area contributed by atoms with Crippen LogP contribution < -0.4 is 0 Å². The number of rotatable bonds is 8. The minimum Gasteiger partial charge on any atom is -0.393 e. The van der Waals surface area contributed by atoms with E-state index in [-0.39, 0.29) is 12.0 Å². The Hall–Kier alpha value is -2.46. The zero-order chi connectivity index (χ0) is 21.5. The standard InChI is InChI=1S/C28H33NO2/c1-22(18-26-21-29(16-17-31-26)20-23-10-4-2-5-11-23)28(30)19-25-14-8-9-15-27(25)24-12-6-3-7-13-24/h2-15,22,26,28,30H,16-21H2,1H3. The van der Waals surface area contributed by atoms with E-state index in [4.69, 9.17) is 4.74 Å². The second-order valence-electron chi connectivity index (χ2n) is 8.72. The summed E-state index contributed by atoms with van der Waals surface area (Å²) in [4.78, 5) is 2.47. The smallest absolute Gasteiger partial charge is 0.0706 e. The maximum atomic E-state index is 11.0. The Morgan fingerprint density at radius 1 is 0.935 bits per heavy atom. The molecule has 0 aromatic heterocycles. The summed E-state index contributed by atoms with van der Waals surface area (Å²) in [6.45, 7) is 5.76. The Balaban J connectivity index is 1.34. The van der Waals surface area contributed by atoms with Crippen molar-refractivity contribution in [2.45, 2.75) is 38.5 Å². The molecule has 3 unspecified atom stereocenters. The van der Waals surface area contributed by atoms with Crippen LogP contribution in [-0.4, -0.2) is 41.9 Å². The molecule has 0 saturated carbocycles. The Morgan fingerprint density at radius 3 is 2.39 bits per heavy atom. The van der Waals surface area contributed by atoms with Crippen molar-refractivity contribution in [2.24, 2.45) is 5.92 Å². The molecule has 3 aromatic rings. The molecule has 0 spiro atoms. The van der Waals surface area contributed by atoms with Crippen LogP contribution in [0.3, 0.4) is 0 Å². The van der Waals surface area contributed by atoms with Crippen molar-refractivity contribution in [1.29, 1.82) is 0 Å². The number of aliphatic hydroxyl groups is 1. The van der Waals surface area contributed by atoms with Gasteiger partial charge in [-0.1, -0.05) is 91.9 Å². The second kappa shape index (κ2) is 10.7. The van der Waals surface area contributed by atoms with Crippen molar-refractivity contribution in [1.82, 2.24) is 4.90 Å². The van der Waals surface area contributed by atoms with Gasteiger partial charge in [0.1, 0.15) is 0 Å². The predicted octanol–water partition coefficient (Wildman–Crippen LogP) is 5.18. The van der Waals surface area contributed by atoms with Crippen LogP contribution in [0, 0.1) is 5.92 Å². The molecule has 1 N–H and O–H groups in total. The summed E-state index contributed by atoms with van der Waals surface area (Å²) in [5.41, 5.74) is 4.94. The van der Waals surface area contributed by atoms with Gasteiger partial charge in [-0.3, -0.25) is 4.90 Å². The number of ether oxygens (including phenoxy) is 1. The number of hydrogen-bond acceptors (Lipinski definition) is 3. The molecule has 3 atom stereocenters. The van der Waals surface area contributed by atoms with Crippen molar-refractivity contribution in [3.63, 3.8) is 0 Å². The third-order valence-electron chi connectivity index (χ3n) is 6.29. The molecule has 0 aliphatic carbocycles. The molecule has 1 aliphatic rings. The number of aliphatic hydroxyl groups excluding tert-OH is 1. The normalized spacial score (nSPS) is 19.1. The number of morpholine rings is 1. The van der Waals surface area contributed by atoms with Crippen LogP contribution in [0.5, 0.6) is 0 Å². The van der Waals surface area contributed by atoms with E-state index in [0.29, 0.717) is 6.42 Å². The van der Waals surface area contributed by atoms with Gasteiger partial charge >= 0.3 is 0 Å². The fourth-order valence-corrected chi connectivity index (χ4v) is 4.50.